The molecule has 3 nitrogen and oxygen atoms in total. The van der Waals surface area contributed by atoms with Gasteiger partial charge in [-0.15, -0.1) is 0 Å². The van der Waals surface area contributed by atoms with Crippen molar-refractivity contribution >= 4 is 5.82 Å². The fraction of sp³-hybridized carbons (Fsp3) is 0.583. The predicted molar refractivity (Wildman–Crippen MR) is 63.2 cm³/mol. The number of anilines is 1. The smallest absolute Gasteiger partial charge is 0.128 e. The highest BCUT2D eigenvalue weighted by atomic mass is 15.1. The van der Waals surface area contributed by atoms with Crippen LogP contribution in [0.1, 0.15) is 31.4 Å². The zero-order valence-corrected chi connectivity index (χ0v) is 9.53. The molecule has 0 aromatic carbocycles. The van der Waals surface area contributed by atoms with Gasteiger partial charge in [0.15, 0.2) is 0 Å². The van der Waals surface area contributed by atoms with Gasteiger partial charge in [0.25, 0.3) is 0 Å². The molecule has 1 N–H and O–H groups in total. The minimum Gasteiger partial charge on any atom is -0.360 e. The molecule has 0 radical (unpaired) electrons. The first-order valence-corrected chi connectivity index (χ1v) is 5.71. The number of nitrogens with one attached hydrogen (secondary N) is 1. The van der Waals surface area contributed by atoms with Gasteiger partial charge in [0.05, 0.1) is 0 Å². The molecule has 1 fully saturated rings. The highest BCUT2D eigenvalue weighted by Crippen LogP contribution is 2.23. The van der Waals surface area contributed by atoms with Gasteiger partial charge in [0.1, 0.15) is 5.82 Å². The van der Waals surface area contributed by atoms with E-state index in [2.05, 4.69) is 41.3 Å². The van der Waals surface area contributed by atoms with E-state index in [9.17, 15) is 0 Å². The van der Waals surface area contributed by atoms with E-state index in [1.165, 1.54) is 18.4 Å². The van der Waals surface area contributed by atoms with Gasteiger partial charge >= 0.3 is 0 Å². The van der Waals surface area contributed by atoms with Crippen molar-refractivity contribution in [3.63, 3.8) is 0 Å². The summed E-state index contributed by atoms with van der Waals surface area (Å²) in [7, 11) is 2.07. The van der Waals surface area contributed by atoms with Gasteiger partial charge in [-0.3, -0.25) is 0 Å². The molecule has 15 heavy (non-hydrogen) atoms. The van der Waals surface area contributed by atoms with Crippen molar-refractivity contribution in [2.45, 2.75) is 25.8 Å². The monoisotopic (exact) mass is 205 g/mol. The number of rotatable bonds is 3. The molecule has 1 aromatic heterocycles. The first kappa shape index (κ1) is 10.4. The third-order valence-corrected chi connectivity index (χ3v) is 3.10. The molecule has 0 amide bonds. The molecule has 1 aromatic rings. The van der Waals surface area contributed by atoms with Crippen LogP contribution in [0.5, 0.6) is 0 Å². The number of nitrogens with zero attached hydrogens (tertiary/aromatic N) is 2. The number of hydrogen-bond donors (Lipinski definition) is 1. The summed E-state index contributed by atoms with van der Waals surface area (Å²) in [6.45, 7) is 4.27. The second kappa shape index (κ2) is 4.62. The SMILES string of the molecule is CCN(C)c1ccc([C@@H]2CCCN2)cn1. The van der Waals surface area contributed by atoms with E-state index in [4.69, 9.17) is 0 Å². The molecule has 3 heteroatoms. The summed E-state index contributed by atoms with van der Waals surface area (Å²) >= 11 is 0. The molecule has 0 aliphatic carbocycles. The lowest BCUT2D eigenvalue weighted by atomic mass is 10.1. The molecule has 82 valence electrons. The van der Waals surface area contributed by atoms with Crippen LogP contribution in [0.2, 0.25) is 0 Å². The molecule has 2 heterocycles. The van der Waals surface area contributed by atoms with Crippen LogP contribution in [-0.2, 0) is 0 Å². The van der Waals surface area contributed by atoms with Crippen LogP contribution in [0.15, 0.2) is 18.3 Å². The summed E-state index contributed by atoms with van der Waals surface area (Å²) in [5.41, 5.74) is 1.32. The Kier molecular flexibility index (Phi) is 3.21. The predicted octanol–water partition coefficient (Wildman–Crippen LogP) is 1.96. The lowest BCUT2D eigenvalue weighted by Gasteiger charge is -2.16. The zero-order valence-electron chi connectivity index (χ0n) is 9.53. The van der Waals surface area contributed by atoms with E-state index < -0.39 is 0 Å². The Hall–Kier alpha value is -1.09. The quantitative estimate of drug-likeness (QED) is 0.817. The lowest BCUT2D eigenvalue weighted by Crippen LogP contribution is -2.18. The Morgan fingerprint density at radius 3 is 2.93 bits per heavy atom. The molecule has 0 spiro atoms. The molecule has 0 unspecified atom stereocenters. The molecule has 1 aliphatic heterocycles. The van der Waals surface area contributed by atoms with Crippen molar-refractivity contribution in [3.05, 3.63) is 23.9 Å². The van der Waals surface area contributed by atoms with Crippen molar-refractivity contribution in [3.8, 4) is 0 Å². The number of hydrogen-bond acceptors (Lipinski definition) is 3. The van der Waals surface area contributed by atoms with Crippen LogP contribution in [0.25, 0.3) is 0 Å². The topological polar surface area (TPSA) is 28.2 Å². The van der Waals surface area contributed by atoms with E-state index in [0.29, 0.717) is 6.04 Å². The van der Waals surface area contributed by atoms with Gasteiger partial charge in [-0.05, 0) is 37.9 Å². The Labute approximate surface area is 91.5 Å². The van der Waals surface area contributed by atoms with Gasteiger partial charge in [0.2, 0.25) is 0 Å². The number of pyridine rings is 1. The van der Waals surface area contributed by atoms with E-state index in [0.717, 1.165) is 18.9 Å². The van der Waals surface area contributed by atoms with Gasteiger partial charge in [-0.2, -0.15) is 0 Å². The van der Waals surface area contributed by atoms with Crippen LogP contribution in [0.3, 0.4) is 0 Å². The molecule has 0 bridgehead atoms. The van der Waals surface area contributed by atoms with E-state index in [1.54, 1.807) is 0 Å². The normalized spacial score (nSPS) is 20.5. The van der Waals surface area contributed by atoms with Crippen LogP contribution in [-0.4, -0.2) is 25.1 Å². The third-order valence-electron chi connectivity index (χ3n) is 3.10. The summed E-state index contributed by atoms with van der Waals surface area (Å²) in [5.74, 6) is 1.05. The molecule has 0 saturated carbocycles. The van der Waals surface area contributed by atoms with Gasteiger partial charge in [-0.25, -0.2) is 4.98 Å². The Morgan fingerprint density at radius 1 is 1.53 bits per heavy atom. The molecule has 2 rings (SSSR count). The van der Waals surface area contributed by atoms with Crippen LogP contribution >= 0.6 is 0 Å². The number of aromatic nitrogens is 1. The molecular formula is C12H19N3. The second-order valence-corrected chi connectivity index (χ2v) is 4.11. The molecule has 1 aliphatic rings. The van der Waals surface area contributed by atoms with Gasteiger partial charge < -0.3 is 10.2 Å². The van der Waals surface area contributed by atoms with Crippen molar-refractivity contribution < 1.29 is 0 Å². The maximum absolute atomic E-state index is 4.48. The Bertz CT molecular complexity index is 301. The summed E-state index contributed by atoms with van der Waals surface area (Å²) < 4.78 is 0. The summed E-state index contributed by atoms with van der Waals surface area (Å²) in [6.07, 6.45) is 4.52. The minimum absolute atomic E-state index is 0.526. The first-order chi connectivity index (χ1) is 7.31. The zero-order chi connectivity index (χ0) is 10.7. The maximum atomic E-state index is 4.48. The highest BCUT2D eigenvalue weighted by Gasteiger charge is 2.16. The second-order valence-electron chi connectivity index (χ2n) is 4.11. The van der Waals surface area contributed by atoms with Crippen LogP contribution in [0.4, 0.5) is 5.82 Å². The summed E-state index contributed by atoms with van der Waals surface area (Å²) in [4.78, 5) is 6.62. The first-order valence-electron chi connectivity index (χ1n) is 5.71. The Balaban J connectivity index is 2.09. The van der Waals surface area contributed by atoms with E-state index >= 15 is 0 Å². The minimum atomic E-state index is 0.526. The van der Waals surface area contributed by atoms with Gasteiger partial charge in [-0.1, -0.05) is 6.07 Å². The third kappa shape index (κ3) is 2.29. The standard InChI is InChI=1S/C12H19N3/c1-3-15(2)12-7-6-10(9-14-12)11-5-4-8-13-11/h6-7,9,11,13H,3-5,8H2,1-2H3/t11-/m0/s1. The Morgan fingerprint density at radius 2 is 2.40 bits per heavy atom. The van der Waals surface area contributed by atoms with Crippen molar-refractivity contribution in [2.75, 3.05) is 25.0 Å². The summed E-state index contributed by atoms with van der Waals surface area (Å²) in [6, 6.07) is 4.83. The average molecular weight is 205 g/mol. The lowest BCUT2D eigenvalue weighted by molar-refractivity contribution is 0.645. The maximum Gasteiger partial charge on any atom is 0.128 e. The van der Waals surface area contributed by atoms with Crippen LogP contribution < -0.4 is 10.2 Å². The largest absolute Gasteiger partial charge is 0.360 e. The summed E-state index contributed by atoms with van der Waals surface area (Å²) in [5, 5.41) is 3.48. The van der Waals surface area contributed by atoms with Crippen molar-refractivity contribution in [1.82, 2.24) is 10.3 Å². The van der Waals surface area contributed by atoms with Crippen molar-refractivity contribution in [2.24, 2.45) is 0 Å². The van der Waals surface area contributed by atoms with Gasteiger partial charge in [0, 0.05) is 25.8 Å². The van der Waals surface area contributed by atoms with Crippen molar-refractivity contribution in [1.29, 1.82) is 0 Å². The highest BCUT2D eigenvalue weighted by molar-refractivity contribution is 5.38. The average Bonchev–Trinajstić information content (AvgIpc) is 2.82. The van der Waals surface area contributed by atoms with Crippen LogP contribution in [0, 0.1) is 0 Å². The molecular weight excluding hydrogens is 186 g/mol. The fourth-order valence-corrected chi connectivity index (χ4v) is 1.96. The van der Waals surface area contributed by atoms with E-state index in [1.807, 2.05) is 6.20 Å². The molecule has 1 atom stereocenters. The molecule has 1 saturated heterocycles. The fourth-order valence-electron chi connectivity index (χ4n) is 1.96. The van der Waals surface area contributed by atoms with E-state index in [-0.39, 0.29) is 0 Å².